The number of benzene rings is 2. The van der Waals surface area contributed by atoms with Crippen LogP contribution in [0.25, 0.3) is 0 Å². The van der Waals surface area contributed by atoms with Crippen molar-refractivity contribution in [1.82, 2.24) is 5.32 Å². The third kappa shape index (κ3) is 3.60. The minimum Gasteiger partial charge on any atom is -0.396 e. The van der Waals surface area contributed by atoms with Crippen LogP contribution in [-0.4, -0.2) is 33.7 Å². The molecule has 0 saturated carbocycles. The number of nitrogens with zero attached hydrogens (tertiary/aromatic N) is 1. The highest BCUT2D eigenvalue weighted by atomic mass is 35.5. The summed E-state index contributed by atoms with van der Waals surface area (Å²) in [5.74, 6) is 0. The second-order valence-corrected chi connectivity index (χ2v) is 8.76. The number of para-hydroxylation sites is 1. The number of hydrogen-bond acceptors (Lipinski definition) is 4. The van der Waals surface area contributed by atoms with Crippen molar-refractivity contribution in [2.45, 2.75) is 30.2 Å². The molecule has 0 bridgehead atoms. The van der Waals surface area contributed by atoms with E-state index in [1.54, 1.807) is 19.2 Å². The maximum absolute atomic E-state index is 13.1. The summed E-state index contributed by atoms with van der Waals surface area (Å²) in [5, 5.41) is 12.8. The first-order valence-electron chi connectivity index (χ1n) is 8.68. The first kappa shape index (κ1) is 19.2. The molecule has 2 aromatic rings. The molecule has 3 rings (SSSR count). The van der Waals surface area contributed by atoms with E-state index < -0.39 is 10.0 Å². The first-order valence-corrected chi connectivity index (χ1v) is 10.5. The fourth-order valence-electron chi connectivity index (χ4n) is 3.31. The predicted octanol–water partition coefficient (Wildman–Crippen LogP) is 3.32. The lowest BCUT2D eigenvalue weighted by atomic mass is 9.96. The standard InChI is InChI=1S/C19H23ClN2O3S/c1-22-17-8-4-3-7-15(17)19(21-11-5-2-6-12-23)16-10-9-14(20)13-18(16)26(22,24)25/h3-4,7-10,13,19,21,23H,2,5-6,11-12H2,1H3. The number of unbranched alkanes of at least 4 members (excludes halogenated alkanes) is 2. The number of fused-ring (bicyclic) bond motifs is 2. The van der Waals surface area contributed by atoms with E-state index in [-0.39, 0.29) is 17.5 Å². The van der Waals surface area contributed by atoms with Crippen molar-refractivity contribution < 1.29 is 13.5 Å². The molecule has 1 unspecified atom stereocenters. The maximum atomic E-state index is 13.1. The Labute approximate surface area is 159 Å². The molecule has 140 valence electrons. The number of rotatable bonds is 6. The van der Waals surface area contributed by atoms with Crippen molar-refractivity contribution in [3.05, 3.63) is 58.6 Å². The van der Waals surface area contributed by atoms with Crippen molar-refractivity contribution >= 4 is 27.3 Å². The summed E-state index contributed by atoms with van der Waals surface area (Å²) in [5.41, 5.74) is 2.28. The molecule has 7 heteroatoms. The predicted molar refractivity (Wildman–Crippen MR) is 104 cm³/mol. The van der Waals surface area contributed by atoms with Gasteiger partial charge in [-0.1, -0.05) is 35.9 Å². The molecule has 0 aromatic heterocycles. The highest BCUT2D eigenvalue weighted by Gasteiger charge is 2.34. The zero-order chi connectivity index (χ0) is 18.7. The lowest BCUT2D eigenvalue weighted by Gasteiger charge is -2.22. The fraction of sp³-hybridized carbons (Fsp3) is 0.368. The van der Waals surface area contributed by atoms with Crippen LogP contribution in [0.15, 0.2) is 47.4 Å². The van der Waals surface area contributed by atoms with Crippen LogP contribution >= 0.6 is 11.6 Å². The molecule has 0 spiro atoms. The molecule has 1 atom stereocenters. The van der Waals surface area contributed by atoms with Gasteiger partial charge in [-0.2, -0.15) is 0 Å². The van der Waals surface area contributed by atoms with Crippen LogP contribution in [0.5, 0.6) is 0 Å². The topological polar surface area (TPSA) is 69.6 Å². The largest absolute Gasteiger partial charge is 0.396 e. The number of hydrogen-bond donors (Lipinski definition) is 2. The molecule has 0 amide bonds. The minimum atomic E-state index is -3.69. The number of aliphatic hydroxyl groups excluding tert-OH is 1. The van der Waals surface area contributed by atoms with Gasteiger partial charge < -0.3 is 10.4 Å². The molecular weight excluding hydrogens is 372 g/mol. The Morgan fingerprint density at radius 3 is 2.65 bits per heavy atom. The molecule has 2 aromatic carbocycles. The number of sulfonamides is 1. The van der Waals surface area contributed by atoms with Crippen LogP contribution in [0.1, 0.15) is 36.4 Å². The summed E-state index contributed by atoms with van der Waals surface area (Å²) in [7, 11) is -2.12. The SMILES string of the molecule is CN1c2ccccc2C(NCCCCCO)c2ccc(Cl)cc2S1(=O)=O. The molecular formula is C19H23ClN2O3S. The van der Waals surface area contributed by atoms with E-state index in [0.717, 1.165) is 31.4 Å². The van der Waals surface area contributed by atoms with E-state index in [1.807, 2.05) is 24.3 Å². The third-order valence-corrected chi connectivity index (χ3v) is 6.76. The van der Waals surface area contributed by atoms with Crippen molar-refractivity contribution in [1.29, 1.82) is 0 Å². The van der Waals surface area contributed by atoms with Crippen LogP contribution < -0.4 is 9.62 Å². The Kier molecular flexibility index (Phi) is 5.87. The van der Waals surface area contributed by atoms with E-state index >= 15 is 0 Å². The Balaban J connectivity index is 2.07. The molecule has 1 aliphatic rings. The molecule has 0 saturated heterocycles. The monoisotopic (exact) mass is 394 g/mol. The van der Waals surface area contributed by atoms with E-state index in [4.69, 9.17) is 16.7 Å². The lowest BCUT2D eigenvalue weighted by Crippen LogP contribution is -2.26. The highest BCUT2D eigenvalue weighted by Crippen LogP contribution is 2.40. The Bertz CT molecular complexity index is 886. The van der Waals surface area contributed by atoms with Gasteiger partial charge in [-0.05, 0) is 55.1 Å². The second kappa shape index (κ2) is 7.96. The zero-order valence-electron chi connectivity index (χ0n) is 14.7. The zero-order valence-corrected chi connectivity index (χ0v) is 16.2. The number of nitrogens with one attached hydrogen (secondary N) is 1. The molecule has 2 N–H and O–H groups in total. The third-order valence-electron chi connectivity index (χ3n) is 4.70. The number of anilines is 1. The summed E-state index contributed by atoms with van der Waals surface area (Å²) in [6.45, 7) is 0.918. The molecule has 1 aliphatic heterocycles. The summed E-state index contributed by atoms with van der Waals surface area (Å²) in [4.78, 5) is 0.233. The molecule has 0 aliphatic carbocycles. The quantitative estimate of drug-likeness (QED) is 0.737. The summed E-state index contributed by atoms with van der Waals surface area (Å²) in [6.07, 6.45) is 2.60. The van der Waals surface area contributed by atoms with Crippen LogP contribution in [0.4, 0.5) is 5.69 Å². The molecule has 26 heavy (non-hydrogen) atoms. The van der Waals surface area contributed by atoms with Crippen molar-refractivity contribution in [3.63, 3.8) is 0 Å². The van der Waals surface area contributed by atoms with Gasteiger partial charge in [0.1, 0.15) is 0 Å². The van der Waals surface area contributed by atoms with Gasteiger partial charge in [0.25, 0.3) is 10.0 Å². The Morgan fingerprint density at radius 2 is 1.88 bits per heavy atom. The van der Waals surface area contributed by atoms with Gasteiger partial charge in [-0.25, -0.2) is 8.42 Å². The number of aliphatic hydroxyl groups is 1. The van der Waals surface area contributed by atoms with Gasteiger partial charge in [-0.15, -0.1) is 0 Å². The van der Waals surface area contributed by atoms with Gasteiger partial charge in [0.2, 0.25) is 0 Å². The van der Waals surface area contributed by atoms with Crippen LogP contribution in [0.3, 0.4) is 0 Å². The Hall–Kier alpha value is -1.60. The molecule has 5 nitrogen and oxygen atoms in total. The van der Waals surface area contributed by atoms with Crippen LogP contribution in [-0.2, 0) is 10.0 Å². The van der Waals surface area contributed by atoms with Crippen molar-refractivity contribution in [2.24, 2.45) is 0 Å². The fourth-order valence-corrected chi connectivity index (χ4v) is 5.03. The lowest BCUT2D eigenvalue weighted by molar-refractivity contribution is 0.282. The summed E-state index contributed by atoms with van der Waals surface area (Å²) in [6, 6.07) is 12.3. The van der Waals surface area contributed by atoms with Gasteiger partial charge in [-0.3, -0.25) is 4.31 Å². The summed E-state index contributed by atoms with van der Waals surface area (Å²) < 4.78 is 27.5. The molecule has 0 fully saturated rings. The van der Waals surface area contributed by atoms with E-state index in [2.05, 4.69) is 5.32 Å². The van der Waals surface area contributed by atoms with Gasteiger partial charge in [0.05, 0.1) is 16.6 Å². The van der Waals surface area contributed by atoms with Crippen LogP contribution in [0, 0.1) is 0 Å². The van der Waals surface area contributed by atoms with Gasteiger partial charge >= 0.3 is 0 Å². The number of halogens is 1. The second-order valence-electron chi connectivity index (χ2n) is 6.38. The van der Waals surface area contributed by atoms with Crippen molar-refractivity contribution in [2.75, 3.05) is 24.5 Å². The van der Waals surface area contributed by atoms with E-state index in [0.29, 0.717) is 16.3 Å². The molecule has 0 radical (unpaired) electrons. The summed E-state index contributed by atoms with van der Waals surface area (Å²) >= 11 is 6.10. The van der Waals surface area contributed by atoms with Gasteiger partial charge in [0, 0.05) is 18.7 Å². The van der Waals surface area contributed by atoms with Crippen LogP contribution in [0.2, 0.25) is 5.02 Å². The average molecular weight is 395 g/mol. The highest BCUT2D eigenvalue weighted by molar-refractivity contribution is 7.92. The molecule has 1 heterocycles. The smallest absolute Gasteiger partial charge is 0.264 e. The Morgan fingerprint density at radius 1 is 1.12 bits per heavy atom. The minimum absolute atomic E-state index is 0.191. The normalized spacial score (nSPS) is 18.1. The van der Waals surface area contributed by atoms with E-state index in [9.17, 15) is 8.42 Å². The maximum Gasteiger partial charge on any atom is 0.264 e. The average Bonchev–Trinajstić information content (AvgIpc) is 2.70. The van der Waals surface area contributed by atoms with Gasteiger partial charge in [0.15, 0.2) is 0 Å². The van der Waals surface area contributed by atoms with Crippen molar-refractivity contribution in [3.8, 4) is 0 Å². The first-order chi connectivity index (χ1) is 12.5. The van der Waals surface area contributed by atoms with E-state index in [1.165, 1.54) is 10.4 Å².